The second-order valence-corrected chi connectivity index (χ2v) is 6.03. The van der Waals surface area contributed by atoms with Gasteiger partial charge in [-0.3, -0.25) is 0 Å². The van der Waals surface area contributed by atoms with Crippen molar-refractivity contribution < 1.29 is 0 Å². The Morgan fingerprint density at radius 1 is 0.950 bits per heavy atom. The lowest BCUT2D eigenvalue weighted by Crippen LogP contribution is -2.31. The lowest BCUT2D eigenvalue weighted by Gasteiger charge is -2.31. The number of benzene rings is 2. The van der Waals surface area contributed by atoms with Crippen molar-refractivity contribution in [2.24, 2.45) is 5.73 Å². The molecule has 2 aliphatic rings. The molecule has 0 fully saturated rings. The van der Waals surface area contributed by atoms with E-state index in [4.69, 9.17) is 5.73 Å². The van der Waals surface area contributed by atoms with Crippen LogP contribution in [0.15, 0.2) is 48.5 Å². The summed E-state index contributed by atoms with van der Waals surface area (Å²) in [7, 11) is 0. The van der Waals surface area contributed by atoms with Crippen LogP contribution in [0.3, 0.4) is 0 Å². The van der Waals surface area contributed by atoms with Crippen molar-refractivity contribution in [1.29, 1.82) is 0 Å². The van der Waals surface area contributed by atoms with Crippen LogP contribution in [0, 0.1) is 0 Å². The van der Waals surface area contributed by atoms with E-state index < -0.39 is 0 Å². The molecule has 0 heterocycles. The van der Waals surface area contributed by atoms with E-state index in [0.29, 0.717) is 12.0 Å². The zero-order valence-corrected chi connectivity index (χ0v) is 11.5. The second kappa shape index (κ2) is 4.72. The number of hydrogen-bond donors (Lipinski definition) is 2. The summed E-state index contributed by atoms with van der Waals surface area (Å²) in [4.78, 5) is 0. The molecule has 0 bridgehead atoms. The first-order chi connectivity index (χ1) is 9.83. The molecule has 3 atom stereocenters. The normalized spacial score (nSPS) is 26.8. The Hall–Kier alpha value is -1.64. The Balaban J connectivity index is 1.45. The third-order valence-corrected chi connectivity index (χ3v) is 4.83. The van der Waals surface area contributed by atoms with Crippen molar-refractivity contribution in [3.05, 3.63) is 70.8 Å². The first kappa shape index (κ1) is 12.1. The standard InChI is InChI=1S/C18H20N2/c19-17-10-18(16-8-4-3-7-15(16)17)20-11-13-9-12-5-1-2-6-14(12)13/h1-8,13,17-18,20H,9-11,19H2. The molecule has 3 unspecified atom stereocenters. The van der Waals surface area contributed by atoms with E-state index in [2.05, 4.69) is 53.8 Å². The quantitative estimate of drug-likeness (QED) is 0.894. The molecule has 0 spiro atoms. The summed E-state index contributed by atoms with van der Waals surface area (Å²) in [5.74, 6) is 0.676. The van der Waals surface area contributed by atoms with Gasteiger partial charge in [0, 0.05) is 24.5 Å². The smallest absolute Gasteiger partial charge is 0.0341 e. The summed E-state index contributed by atoms with van der Waals surface area (Å²) < 4.78 is 0. The van der Waals surface area contributed by atoms with E-state index in [1.807, 2.05) is 0 Å². The fraction of sp³-hybridized carbons (Fsp3) is 0.333. The van der Waals surface area contributed by atoms with Gasteiger partial charge in [0.25, 0.3) is 0 Å². The van der Waals surface area contributed by atoms with Gasteiger partial charge in [-0.05, 0) is 35.1 Å². The molecule has 0 aliphatic heterocycles. The van der Waals surface area contributed by atoms with Gasteiger partial charge < -0.3 is 11.1 Å². The fourth-order valence-corrected chi connectivity index (χ4v) is 3.70. The van der Waals surface area contributed by atoms with E-state index in [0.717, 1.165) is 13.0 Å². The topological polar surface area (TPSA) is 38.0 Å². The van der Waals surface area contributed by atoms with Crippen LogP contribution >= 0.6 is 0 Å². The summed E-state index contributed by atoms with van der Waals surface area (Å²) in [6.07, 6.45) is 2.23. The predicted octanol–water partition coefficient (Wildman–Crippen LogP) is 3.06. The van der Waals surface area contributed by atoms with Crippen molar-refractivity contribution in [3.8, 4) is 0 Å². The molecule has 0 saturated heterocycles. The number of nitrogens with two attached hydrogens (primary N) is 1. The molecule has 0 saturated carbocycles. The van der Waals surface area contributed by atoms with Crippen LogP contribution in [0.5, 0.6) is 0 Å². The van der Waals surface area contributed by atoms with Crippen LogP contribution in [0.2, 0.25) is 0 Å². The highest BCUT2D eigenvalue weighted by molar-refractivity contribution is 5.41. The zero-order valence-electron chi connectivity index (χ0n) is 11.5. The summed E-state index contributed by atoms with van der Waals surface area (Å²) in [6.45, 7) is 1.06. The van der Waals surface area contributed by atoms with E-state index >= 15 is 0 Å². The fourth-order valence-electron chi connectivity index (χ4n) is 3.70. The molecule has 2 aliphatic carbocycles. The van der Waals surface area contributed by atoms with Gasteiger partial charge in [-0.15, -0.1) is 0 Å². The van der Waals surface area contributed by atoms with Crippen LogP contribution in [0.4, 0.5) is 0 Å². The van der Waals surface area contributed by atoms with Gasteiger partial charge in [0.2, 0.25) is 0 Å². The van der Waals surface area contributed by atoms with Crippen molar-refractivity contribution >= 4 is 0 Å². The molecule has 102 valence electrons. The molecule has 4 rings (SSSR count). The van der Waals surface area contributed by atoms with Crippen molar-refractivity contribution in [3.63, 3.8) is 0 Å². The Kier molecular flexibility index (Phi) is 2.86. The molecule has 3 N–H and O–H groups in total. The summed E-state index contributed by atoms with van der Waals surface area (Å²) in [5, 5.41) is 3.73. The maximum Gasteiger partial charge on any atom is 0.0341 e. The average molecular weight is 264 g/mol. The number of rotatable bonds is 3. The molecule has 2 nitrogen and oxygen atoms in total. The lowest BCUT2D eigenvalue weighted by atomic mass is 9.77. The van der Waals surface area contributed by atoms with Crippen LogP contribution in [0.1, 0.15) is 46.7 Å². The molecule has 20 heavy (non-hydrogen) atoms. The van der Waals surface area contributed by atoms with E-state index in [1.165, 1.54) is 28.7 Å². The average Bonchev–Trinajstić information content (AvgIpc) is 2.77. The molecule has 0 amide bonds. The molecule has 0 aromatic heterocycles. The SMILES string of the molecule is NC1CC(NCC2Cc3ccccc32)c2ccccc21. The highest BCUT2D eigenvalue weighted by Crippen LogP contribution is 2.39. The number of fused-ring (bicyclic) bond motifs is 2. The minimum absolute atomic E-state index is 0.192. The van der Waals surface area contributed by atoms with Gasteiger partial charge in [0.1, 0.15) is 0 Å². The van der Waals surface area contributed by atoms with Crippen molar-refractivity contribution in [2.75, 3.05) is 6.54 Å². The van der Waals surface area contributed by atoms with Crippen LogP contribution in [-0.2, 0) is 6.42 Å². The Morgan fingerprint density at radius 2 is 1.65 bits per heavy atom. The highest BCUT2D eigenvalue weighted by atomic mass is 14.9. The maximum atomic E-state index is 6.23. The Morgan fingerprint density at radius 3 is 2.45 bits per heavy atom. The predicted molar refractivity (Wildman–Crippen MR) is 81.6 cm³/mol. The first-order valence-electron chi connectivity index (χ1n) is 7.48. The summed E-state index contributed by atoms with van der Waals surface area (Å²) in [6, 6.07) is 18.0. The molecule has 0 radical (unpaired) electrons. The van der Waals surface area contributed by atoms with Crippen molar-refractivity contribution in [2.45, 2.75) is 30.8 Å². The second-order valence-electron chi connectivity index (χ2n) is 6.03. The Labute approximate surface area is 120 Å². The monoisotopic (exact) mass is 264 g/mol. The zero-order chi connectivity index (χ0) is 13.5. The maximum absolute atomic E-state index is 6.23. The number of hydrogen-bond acceptors (Lipinski definition) is 2. The van der Waals surface area contributed by atoms with Crippen LogP contribution < -0.4 is 11.1 Å². The lowest BCUT2D eigenvalue weighted by molar-refractivity contribution is 0.452. The minimum Gasteiger partial charge on any atom is -0.324 e. The first-order valence-corrected chi connectivity index (χ1v) is 7.48. The molecular weight excluding hydrogens is 244 g/mol. The third kappa shape index (κ3) is 1.88. The van der Waals surface area contributed by atoms with Crippen LogP contribution in [-0.4, -0.2) is 6.54 Å². The van der Waals surface area contributed by atoms with E-state index in [-0.39, 0.29) is 6.04 Å². The van der Waals surface area contributed by atoms with E-state index in [9.17, 15) is 0 Å². The molecule has 2 aromatic carbocycles. The largest absolute Gasteiger partial charge is 0.324 e. The van der Waals surface area contributed by atoms with Gasteiger partial charge in [0.15, 0.2) is 0 Å². The number of nitrogens with one attached hydrogen (secondary N) is 1. The third-order valence-electron chi connectivity index (χ3n) is 4.83. The van der Waals surface area contributed by atoms with Gasteiger partial charge in [0.05, 0.1) is 0 Å². The molecule has 2 heteroatoms. The van der Waals surface area contributed by atoms with Gasteiger partial charge >= 0.3 is 0 Å². The summed E-state index contributed by atoms with van der Waals surface area (Å²) in [5.41, 5.74) is 12.0. The van der Waals surface area contributed by atoms with E-state index in [1.54, 1.807) is 0 Å². The molecule has 2 aromatic rings. The van der Waals surface area contributed by atoms with Gasteiger partial charge in [-0.25, -0.2) is 0 Å². The Bertz CT molecular complexity index is 635. The summed E-state index contributed by atoms with van der Waals surface area (Å²) >= 11 is 0. The van der Waals surface area contributed by atoms with Crippen LogP contribution in [0.25, 0.3) is 0 Å². The minimum atomic E-state index is 0.192. The highest BCUT2D eigenvalue weighted by Gasteiger charge is 2.30. The van der Waals surface area contributed by atoms with Crippen molar-refractivity contribution in [1.82, 2.24) is 5.32 Å². The van der Waals surface area contributed by atoms with Gasteiger partial charge in [-0.1, -0.05) is 48.5 Å². The van der Waals surface area contributed by atoms with Gasteiger partial charge in [-0.2, -0.15) is 0 Å². The molecular formula is C18H20N2.